The maximum atomic E-state index is 12.6. The molecule has 22 heavy (non-hydrogen) atoms. The number of benzene rings is 1. The van der Waals surface area contributed by atoms with Crippen LogP contribution in [0.15, 0.2) is 36.4 Å². The van der Waals surface area contributed by atoms with Gasteiger partial charge in [0.2, 0.25) is 11.7 Å². The average Bonchev–Trinajstić information content (AvgIpc) is 3.38. The van der Waals surface area contributed by atoms with Crippen LogP contribution in [0, 0.1) is 0 Å². The van der Waals surface area contributed by atoms with Crippen molar-refractivity contribution in [3.05, 3.63) is 58.8 Å². The standard InChI is InChI=1S/C19H21NO2/c1-12(2)13-4-8-15(9-5-13)18(21)17-11-10-16(14-6-7-14)19(20-17)22-3/h4-5,8-12,14H,6-7H2,1-3H3. The van der Waals surface area contributed by atoms with Crippen molar-refractivity contribution < 1.29 is 9.53 Å². The second-order valence-corrected chi connectivity index (χ2v) is 6.18. The van der Waals surface area contributed by atoms with Crippen molar-refractivity contribution in [2.75, 3.05) is 7.11 Å². The van der Waals surface area contributed by atoms with Crippen molar-refractivity contribution >= 4 is 5.78 Å². The maximum absolute atomic E-state index is 12.6. The highest BCUT2D eigenvalue weighted by Crippen LogP contribution is 2.43. The van der Waals surface area contributed by atoms with E-state index in [9.17, 15) is 4.79 Å². The van der Waals surface area contributed by atoms with Gasteiger partial charge in [0.25, 0.3) is 0 Å². The maximum Gasteiger partial charge on any atom is 0.217 e. The molecule has 1 aliphatic carbocycles. The Morgan fingerprint density at radius 1 is 1.14 bits per heavy atom. The van der Waals surface area contributed by atoms with Crippen LogP contribution in [0.2, 0.25) is 0 Å². The van der Waals surface area contributed by atoms with Gasteiger partial charge in [-0.15, -0.1) is 0 Å². The Bertz CT molecular complexity index is 685. The van der Waals surface area contributed by atoms with Crippen LogP contribution in [-0.4, -0.2) is 17.9 Å². The number of rotatable bonds is 5. The predicted molar refractivity (Wildman–Crippen MR) is 86.7 cm³/mol. The zero-order valence-corrected chi connectivity index (χ0v) is 13.3. The molecule has 0 aliphatic heterocycles. The number of ketones is 1. The fourth-order valence-electron chi connectivity index (χ4n) is 2.61. The van der Waals surface area contributed by atoms with E-state index < -0.39 is 0 Å². The first-order valence-corrected chi connectivity index (χ1v) is 7.79. The second kappa shape index (κ2) is 5.91. The molecule has 0 amide bonds. The van der Waals surface area contributed by atoms with Crippen molar-refractivity contribution in [1.82, 2.24) is 4.98 Å². The predicted octanol–water partition coefficient (Wildman–Crippen LogP) is 4.32. The first kappa shape index (κ1) is 14.8. The number of aromatic nitrogens is 1. The molecule has 0 N–H and O–H groups in total. The molecule has 0 radical (unpaired) electrons. The summed E-state index contributed by atoms with van der Waals surface area (Å²) in [6, 6.07) is 11.6. The van der Waals surface area contributed by atoms with Gasteiger partial charge in [-0.2, -0.15) is 0 Å². The van der Waals surface area contributed by atoms with E-state index in [0.717, 1.165) is 5.56 Å². The van der Waals surface area contributed by atoms with E-state index in [4.69, 9.17) is 4.74 Å². The Labute approximate surface area is 131 Å². The average molecular weight is 295 g/mol. The highest BCUT2D eigenvalue weighted by atomic mass is 16.5. The molecule has 1 fully saturated rings. The number of hydrogen-bond acceptors (Lipinski definition) is 3. The van der Waals surface area contributed by atoms with Crippen molar-refractivity contribution in [2.45, 2.75) is 38.5 Å². The summed E-state index contributed by atoms with van der Waals surface area (Å²) in [5, 5.41) is 0. The van der Waals surface area contributed by atoms with Crippen LogP contribution in [0.4, 0.5) is 0 Å². The van der Waals surface area contributed by atoms with Gasteiger partial charge in [0, 0.05) is 11.1 Å². The van der Waals surface area contributed by atoms with E-state index in [-0.39, 0.29) is 5.78 Å². The summed E-state index contributed by atoms with van der Waals surface area (Å²) in [6.07, 6.45) is 2.37. The topological polar surface area (TPSA) is 39.2 Å². The molecule has 3 nitrogen and oxygen atoms in total. The summed E-state index contributed by atoms with van der Waals surface area (Å²) in [5.41, 5.74) is 3.46. The summed E-state index contributed by atoms with van der Waals surface area (Å²) >= 11 is 0. The monoisotopic (exact) mass is 295 g/mol. The first-order chi connectivity index (χ1) is 10.6. The molecule has 0 spiro atoms. The van der Waals surface area contributed by atoms with E-state index in [1.54, 1.807) is 7.11 Å². The summed E-state index contributed by atoms with van der Waals surface area (Å²) in [6.45, 7) is 4.28. The van der Waals surface area contributed by atoms with Crippen molar-refractivity contribution in [3.8, 4) is 5.88 Å². The smallest absolute Gasteiger partial charge is 0.217 e. The van der Waals surface area contributed by atoms with Crippen molar-refractivity contribution in [3.63, 3.8) is 0 Å². The van der Waals surface area contributed by atoms with E-state index in [2.05, 4.69) is 18.8 Å². The molecule has 3 heteroatoms. The first-order valence-electron chi connectivity index (χ1n) is 7.79. The summed E-state index contributed by atoms with van der Waals surface area (Å²) in [5.74, 6) is 1.54. The molecule has 1 heterocycles. The van der Waals surface area contributed by atoms with Crippen molar-refractivity contribution in [2.24, 2.45) is 0 Å². The zero-order chi connectivity index (χ0) is 15.7. The molecule has 0 saturated heterocycles. The van der Waals surface area contributed by atoms with Crippen LogP contribution in [0.1, 0.15) is 65.7 Å². The number of carbonyl (C=O) groups is 1. The lowest BCUT2D eigenvalue weighted by atomic mass is 9.99. The van der Waals surface area contributed by atoms with Gasteiger partial charge in [-0.25, -0.2) is 4.98 Å². The van der Waals surface area contributed by atoms with Gasteiger partial charge >= 0.3 is 0 Å². The minimum atomic E-state index is -0.0593. The molecule has 0 atom stereocenters. The number of ether oxygens (including phenoxy) is 1. The fraction of sp³-hybridized carbons (Fsp3) is 0.368. The molecular weight excluding hydrogens is 274 g/mol. The Morgan fingerprint density at radius 3 is 2.36 bits per heavy atom. The molecule has 3 rings (SSSR count). The Hall–Kier alpha value is -2.16. The Morgan fingerprint density at radius 2 is 1.82 bits per heavy atom. The highest BCUT2D eigenvalue weighted by Gasteiger charge is 2.28. The van der Waals surface area contributed by atoms with Gasteiger partial charge in [-0.1, -0.05) is 44.2 Å². The normalized spacial score (nSPS) is 14.2. The quantitative estimate of drug-likeness (QED) is 0.771. The minimum absolute atomic E-state index is 0.0593. The molecule has 2 aromatic rings. The van der Waals surface area contributed by atoms with E-state index in [1.165, 1.54) is 18.4 Å². The number of hydrogen-bond donors (Lipinski definition) is 0. The number of pyridine rings is 1. The van der Waals surface area contributed by atoms with Gasteiger partial charge in [0.05, 0.1) is 7.11 Å². The van der Waals surface area contributed by atoms with E-state index in [1.807, 2.05) is 36.4 Å². The molecule has 114 valence electrons. The Balaban J connectivity index is 1.88. The Kier molecular flexibility index (Phi) is 3.97. The molecule has 0 bridgehead atoms. The largest absolute Gasteiger partial charge is 0.481 e. The summed E-state index contributed by atoms with van der Waals surface area (Å²) < 4.78 is 5.36. The van der Waals surface area contributed by atoms with E-state index >= 15 is 0 Å². The highest BCUT2D eigenvalue weighted by molar-refractivity contribution is 6.07. The third-order valence-corrected chi connectivity index (χ3v) is 4.17. The molecular formula is C19H21NO2. The molecule has 1 aliphatic rings. The van der Waals surface area contributed by atoms with Gasteiger partial charge in [0.15, 0.2) is 0 Å². The van der Waals surface area contributed by atoms with Gasteiger partial charge < -0.3 is 4.74 Å². The summed E-state index contributed by atoms with van der Waals surface area (Å²) in [4.78, 5) is 17.0. The molecule has 1 aromatic carbocycles. The van der Waals surface area contributed by atoms with Crippen LogP contribution >= 0.6 is 0 Å². The number of nitrogens with zero attached hydrogens (tertiary/aromatic N) is 1. The SMILES string of the molecule is COc1nc(C(=O)c2ccc(C(C)C)cc2)ccc1C1CC1. The molecule has 1 saturated carbocycles. The van der Waals surface area contributed by atoms with Crippen LogP contribution < -0.4 is 4.74 Å². The summed E-state index contributed by atoms with van der Waals surface area (Å²) in [7, 11) is 1.61. The molecule has 0 unspecified atom stereocenters. The second-order valence-electron chi connectivity index (χ2n) is 6.18. The van der Waals surface area contributed by atoms with Crippen LogP contribution in [-0.2, 0) is 0 Å². The lowest BCUT2D eigenvalue weighted by molar-refractivity contribution is 0.103. The van der Waals surface area contributed by atoms with Crippen LogP contribution in [0.25, 0.3) is 0 Å². The van der Waals surface area contributed by atoms with E-state index in [0.29, 0.717) is 29.0 Å². The zero-order valence-electron chi connectivity index (χ0n) is 13.3. The molecule has 1 aromatic heterocycles. The van der Waals surface area contributed by atoms with Gasteiger partial charge in [-0.3, -0.25) is 4.79 Å². The third kappa shape index (κ3) is 2.89. The van der Waals surface area contributed by atoms with Crippen LogP contribution in [0.5, 0.6) is 5.88 Å². The van der Waals surface area contributed by atoms with Gasteiger partial charge in [-0.05, 0) is 36.3 Å². The number of methoxy groups -OCH3 is 1. The lowest BCUT2D eigenvalue weighted by Crippen LogP contribution is -2.06. The fourth-order valence-corrected chi connectivity index (χ4v) is 2.61. The van der Waals surface area contributed by atoms with Gasteiger partial charge in [0.1, 0.15) is 5.69 Å². The van der Waals surface area contributed by atoms with Crippen LogP contribution in [0.3, 0.4) is 0 Å². The third-order valence-electron chi connectivity index (χ3n) is 4.17. The minimum Gasteiger partial charge on any atom is -0.481 e. The van der Waals surface area contributed by atoms with Crippen molar-refractivity contribution in [1.29, 1.82) is 0 Å². The lowest BCUT2D eigenvalue weighted by Gasteiger charge is -2.09. The number of carbonyl (C=O) groups excluding carboxylic acids is 1.